The number of para-hydroxylation sites is 1. The lowest BCUT2D eigenvalue weighted by Gasteiger charge is -2.22. The quantitative estimate of drug-likeness (QED) is 0.859. The molecule has 2 aromatic rings. The molecular formula is C15H17ClN2O2S. The summed E-state index contributed by atoms with van der Waals surface area (Å²) >= 11 is 6.01. The van der Waals surface area contributed by atoms with Gasteiger partial charge in [-0.15, -0.1) is 0 Å². The van der Waals surface area contributed by atoms with Gasteiger partial charge in [-0.1, -0.05) is 48.9 Å². The van der Waals surface area contributed by atoms with E-state index >= 15 is 0 Å². The van der Waals surface area contributed by atoms with Gasteiger partial charge in [0.25, 0.3) is 0 Å². The zero-order chi connectivity index (χ0) is 15.5. The lowest BCUT2D eigenvalue weighted by atomic mass is 10.2. The molecule has 0 aliphatic carbocycles. The van der Waals surface area contributed by atoms with Crippen molar-refractivity contribution < 1.29 is 8.42 Å². The van der Waals surface area contributed by atoms with E-state index in [0.717, 1.165) is 5.56 Å². The molecule has 0 amide bonds. The Balaban J connectivity index is 2.37. The Hall–Kier alpha value is -1.56. The minimum absolute atomic E-state index is 0.114. The molecule has 0 fully saturated rings. The van der Waals surface area contributed by atoms with Crippen LogP contribution in [0.2, 0.25) is 5.02 Å². The van der Waals surface area contributed by atoms with Crippen LogP contribution in [-0.4, -0.2) is 19.3 Å². The van der Waals surface area contributed by atoms with Gasteiger partial charge in [0.15, 0.2) is 0 Å². The molecule has 112 valence electrons. The molecule has 0 saturated carbocycles. The summed E-state index contributed by atoms with van der Waals surface area (Å²) in [6, 6.07) is 13.7. The van der Waals surface area contributed by atoms with Crippen LogP contribution in [0.5, 0.6) is 0 Å². The smallest absolute Gasteiger partial charge is 0.244 e. The predicted octanol–water partition coefficient (Wildman–Crippen LogP) is 3.13. The van der Waals surface area contributed by atoms with Crippen LogP contribution < -0.4 is 5.73 Å². The van der Waals surface area contributed by atoms with Crippen molar-refractivity contribution >= 4 is 27.3 Å². The lowest BCUT2D eigenvalue weighted by molar-refractivity contribution is 0.424. The Morgan fingerprint density at radius 1 is 1.10 bits per heavy atom. The van der Waals surface area contributed by atoms with Crippen molar-refractivity contribution in [2.75, 3.05) is 12.3 Å². The molecule has 0 unspecified atom stereocenters. The molecule has 21 heavy (non-hydrogen) atoms. The Morgan fingerprint density at radius 3 is 2.33 bits per heavy atom. The first-order valence-electron chi connectivity index (χ1n) is 6.55. The molecule has 0 heterocycles. The summed E-state index contributed by atoms with van der Waals surface area (Å²) in [5, 5.41) is 0.219. The fraction of sp³-hybridized carbons (Fsp3) is 0.200. The molecule has 0 aromatic heterocycles. The fourth-order valence-electron chi connectivity index (χ4n) is 2.03. The van der Waals surface area contributed by atoms with Gasteiger partial charge in [-0.05, 0) is 23.8 Å². The highest BCUT2D eigenvalue weighted by atomic mass is 35.5. The third-order valence-electron chi connectivity index (χ3n) is 3.21. The molecule has 0 atom stereocenters. The standard InChI is InChI=1S/C15H17ClN2O2S/c1-2-18(11-12-7-3-5-9-14(12)17)21(19,20)15-10-6-4-8-13(15)16/h3-10H,2,11,17H2,1H3. The van der Waals surface area contributed by atoms with Crippen molar-refractivity contribution in [3.63, 3.8) is 0 Å². The Morgan fingerprint density at radius 2 is 1.71 bits per heavy atom. The molecule has 0 radical (unpaired) electrons. The van der Waals surface area contributed by atoms with E-state index in [9.17, 15) is 8.42 Å². The zero-order valence-corrected chi connectivity index (χ0v) is 13.2. The minimum Gasteiger partial charge on any atom is -0.398 e. The zero-order valence-electron chi connectivity index (χ0n) is 11.7. The van der Waals surface area contributed by atoms with Crippen molar-refractivity contribution in [1.82, 2.24) is 4.31 Å². The summed E-state index contributed by atoms with van der Waals surface area (Å²) in [5.41, 5.74) is 7.24. The summed E-state index contributed by atoms with van der Waals surface area (Å²) in [5.74, 6) is 0. The van der Waals surface area contributed by atoms with E-state index in [2.05, 4.69) is 0 Å². The van der Waals surface area contributed by atoms with Crippen molar-refractivity contribution in [2.45, 2.75) is 18.4 Å². The van der Waals surface area contributed by atoms with Crippen LogP contribution in [0.3, 0.4) is 0 Å². The summed E-state index contributed by atoms with van der Waals surface area (Å²) < 4.78 is 26.8. The normalized spacial score (nSPS) is 11.8. The van der Waals surface area contributed by atoms with Crippen LogP contribution in [0.25, 0.3) is 0 Å². The second-order valence-corrected chi connectivity index (χ2v) is 6.87. The third kappa shape index (κ3) is 3.37. The molecule has 0 aliphatic rings. The maximum atomic E-state index is 12.7. The van der Waals surface area contributed by atoms with Gasteiger partial charge >= 0.3 is 0 Å². The molecule has 2 N–H and O–H groups in total. The summed E-state index contributed by atoms with van der Waals surface area (Å²) in [4.78, 5) is 0.114. The molecule has 2 aromatic carbocycles. The highest BCUT2D eigenvalue weighted by Gasteiger charge is 2.25. The second-order valence-electron chi connectivity index (χ2n) is 4.56. The van der Waals surface area contributed by atoms with E-state index in [1.807, 2.05) is 18.2 Å². The number of nitrogens with two attached hydrogens (primary N) is 1. The first-order valence-corrected chi connectivity index (χ1v) is 8.36. The van der Waals surface area contributed by atoms with E-state index in [4.69, 9.17) is 17.3 Å². The number of sulfonamides is 1. The Labute approximate surface area is 130 Å². The van der Waals surface area contributed by atoms with Gasteiger partial charge in [-0.3, -0.25) is 0 Å². The summed E-state index contributed by atoms with van der Waals surface area (Å²) in [7, 11) is -3.65. The first kappa shape index (κ1) is 15.8. The Bertz CT molecular complexity index is 732. The van der Waals surface area contributed by atoms with Gasteiger partial charge in [0.2, 0.25) is 10.0 Å². The average Bonchev–Trinajstić information content (AvgIpc) is 2.46. The fourth-order valence-corrected chi connectivity index (χ4v) is 3.95. The first-order chi connectivity index (χ1) is 9.96. The van der Waals surface area contributed by atoms with E-state index in [-0.39, 0.29) is 16.5 Å². The van der Waals surface area contributed by atoms with Gasteiger partial charge in [0, 0.05) is 18.8 Å². The highest BCUT2D eigenvalue weighted by Crippen LogP contribution is 2.26. The van der Waals surface area contributed by atoms with Crippen LogP contribution in [0.4, 0.5) is 5.69 Å². The van der Waals surface area contributed by atoms with Crippen molar-refractivity contribution in [3.8, 4) is 0 Å². The van der Waals surface area contributed by atoms with Gasteiger partial charge in [0.05, 0.1) is 5.02 Å². The summed E-state index contributed by atoms with van der Waals surface area (Å²) in [6.07, 6.45) is 0. The highest BCUT2D eigenvalue weighted by molar-refractivity contribution is 7.89. The average molecular weight is 325 g/mol. The second kappa shape index (κ2) is 6.47. The molecule has 0 bridgehead atoms. The molecule has 0 spiro atoms. The van der Waals surface area contributed by atoms with Crippen molar-refractivity contribution in [3.05, 3.63) is 59.1 Å². The molecule has 6 heteroatoms. The van der Waals surface area contributed by atoms with Crippen LogP contribution >= 0.6 is 11.6 Å². The number of nitrogen functional groups attached to an aromatic ring is 1. The van der Waals surface area contributed by atoms with Crippen molar-refractivity contribution in [1.29, 1.82) is 0 Å². The van der Waals surface area contributed by atoms with E-state index in [0.29, 0.717) is 12.2 Å². The van der Waals surface area contributed by atoms with Crippen LogP contribution in [-0.2, 0) is 16.6 Å². The predicted molar refractivity (Wildman–Crippen MR) is 85.6 cm³/mol. The number of nitrogens with zero attached hydrogens (tertiary/aromatic N) is 1. The maximum absolute atomic E-state index is 12.7. The van der Waals surface area contributed by atoms with Gasteiger partial charge in [-0.25, -0.2) is 8.42 Å². The van der Waals surface area contributed by atoms with Crippen LogP contribution in [0.1, 0.15) is 12.5 Å². The molecule has 0 saturated heterocycles. The number of hydrogen-bond acceptors (Lipinski definition) is 3. The number of halogens is 1. The number of hydrogen-bond donors (Lipinski definition) is 1. The molecular weight excluding hydrogens is 308 g/mol. The topological polar surface area (TPSA) is 63.4 Å². The van der Waals surface area contributed by atoms with Crippen LogP contribution in [0, 0.1) is 0 Å². The monoisotopic (exact) mass is 324 g/mol. The summed E-state index contributed by atoms with van der Waals surface area (Å²) in [6.45, 7) is 2.34. The largest absolute Gasteiger partial charge is 0.398 e. The van der Waals surface area contributed by atoms with E-state index < -0.39 is 10.0 Å². The lowest BCUT2D eigenvalue weighted by Crippen LogP contribution is -2.31. The minimum atomic E-state index is -3.65. The van der Waals surface area contributed by atoms with Crippen molar-refractivity contribution in [2.24, 2.45) is 0 Å². The van der Waals surface area contributed by atoms with E-state index in [1.54, 1.807) is 31.2 Å². The molecule has 4 nitrogen and oxygen atoms in total. The number of rotatable bonds is 5. The third-order valence-corrected chi connectivity index (χ3v) is 5.63. The number of benzene rings is 2. The SMILES string of the molecule is CCN(Cc1ccccc1N)S(=O)(=O)c1ccccc1Cl. The Kier molecular flexibility index (Phi) is 4.88. The van der Waals surface area contributed by atoms with Gasteiger partial charge in [-0.2, -0.15) is 4.31 Å². The van der Waals surface area contributed by atoms with Gasteiger partial charge < -0.3 is 5.73 Å². The number of anilines is 1. The van der Waals surface area contributed by atoms with E-state index in [1.165, 1.54) is 10.4 Å². The van der Waals surface area contributed by atoms with Crippen LogP contribution in [0.15, 0.2) is 53.4 Å². The van der Waals surface area contributed by atoms with Gasteiger partial charge in [0.1, 0.15) is 4.90 Å². The molecule has 0 aliphatic heterocycles. The maximum Gasteiger partial charge on any atom is 0.244 e. The molecule has 2 rings (SSSR count).